The van der Waals surface area contributed by atoms with E-state index in [1.54, 1.807) is 18.3 Å². The van der Waals surface area contributed by atoms with Gasteiger partial charge >= 0.3 is 5.97 Å². The van der Waals surface area contributed by atoms with E-state index < -0.39 is 5.97 Å². The SMILES string of the molecule is Cc1cc([C@@H]2[C@@H](c3ccccn3)NC(=S)N2Cc2ccccc2)c(C)n1-c1ccccc1C(=O)O. The van der Waals surface area contributed by atoms with E-state index in [-0.39, 0.29) is 17.6 Å². The molecule has 0 bridgehead atoms. The Balaban J connectivity index is 1.65. The number of aromatic nitrogens is 2. The summed E-state index contributed by atoms with van der Waals surface area (Å²) in [6.07, 6.45) is 1.80. The van der Waals surface area contributed by atoms with Crippen LogP contribution in [0.3, 0.4) is 0 Å². The fraction of sp³-hybridized carbons (Fsp3) is 0.179. The maximum Gasteiger partial charge on any atom is 0.337 e. The topological polar surface area (TPSA) is 70.4 Å². The third-order valence-corrected chi connectivity index (χ3v) is 6.91. The molecule has 2 N–H and O–H groups in total. The van der Waals surface area contributed by atoms with Gasteiger partial charge in [-0.1, -0.05) is 48.5 Å². The molecule has 2 aromatic carbocycles. The van der Waals surface area contributed by atoms with Crippen molar-refractivity contribution < 1.29 is 9.90 Å². The lowest BCUT2D eigenvalue weighted by atomic mass is 9.96. The van der Waals surface area contributed by atoms with E-state index in [9.17, 15) is 9.90 Å². The first-order valence-electron chi connectivity index (χ1n) is 11.5. The molecule has 2 atom stereocenters. The third-order valence-electron chi connectivity index (χ3n) is 6.56. The van der Waals surface area contributed by atoms with Gasteiger partial charge in [0.1, 0.15) is 0 Å². The highest BCUT2D eigenvalue weighted by Gasteiger charge is 2.41. The molecule has 7 heteroatoms. The van der Waals surface area contributed by atoms with E-state index >= 15 is 0 Å². The van der Waals surface area contributed by atoms with Crippen LogP contribution in [0.2, 0.25) is 0 Å². The van der Waals surface area contributed by atoms with Crippen molar-refractivity contribution in [2.24, 2.45) is 0 Å². The molecule has 0 unspecified atom stereocenters. The van der Waals surface area contributed by atoms with E-state index in [0.29, 0.717) is 17.3 Å². The number of nitrogens with zero attached hydrogens (tertiary/aromatic N) is 3. The van der Waals surface area contributed by atoms with Gasteiger partial charge in [-0.15, -0.1) is 0 Å². The lowest BCUT2D eigenvalue weighted by molar-refractivity contribution is 0.0697. The minimum Gasteiger partial charge on any atom is -0.478 e. The van der Waals surface area contributed by atoms with Crippen molar-refractivity contribution in [1.82, 2.24) is 19.8 Å². The van der Waals surface area contributed by atoms with Crippen LogP contribution in [0.1, 0.15) is 50.7 Å². The number of hydrogen-bond donors (Lipinski definition) is 2. The van der Waals surface area contributed by atoms with Gasteiger partial charge in [-0.05, 0) is 67.5 Å². The van der Waals surface area contributed by atoms with Crippen molar-refractivity contribution in [1.29, 1.82) is 0 Å². The van der Waals surface area contributed by atoms with Crippen LogP contribution in [0.4, 0.5) is 0 Å². The molecule has 3 heterocycles. The van der Waals surface area contributed by atoms with Gasteiger partial charge in [0.25, 0.3) is 0 Å². The number of carboxylic acid groups (broad SMARTS) is 1. The number of carbonyl (C=O) groups is 1. The number of pyridine rings is 1. The second-order valence-electron chi connectivity index (χ2n) is 8.72. The van der Waals surface area contributed by atoms with Gasteiger partial charge in [-0.25, -0.2) is 4.79 Å². The maximum atomic E-state index is 12.0. The molecule has 5 rings (SSSR count). The monoisotopic (exact) mass is 482 g/mol. The summed E-state index contributed by atoms with van der Waals surface area (Å²) in [5, 5.41) is 14.0. The Morgan fingerprint density at radius 1 is 1.03 bits per heavy atom. The van der Waals surface area contributed by atoms with E-state index in [2.05, 4.69) is 33.4 Å². The number of para-hydroxylation sites is 1. The van der Waals surface area contributed by atoms with Gasteiger partial charge < -0.3 is 19.9 Å². The van der Waals surface area contributed by atoms with Crippen LogP contribution in [-0.2, 0) is 6.54 Å². The first-order valence-corrected chi connectivity index (χ1v) is 11.9. The first-order chi connectivity index (χ1) is 17.0. The van der Waals surface area contributed by atoms with Gasteiger partial charge in [-0.3, -0.25) is 4.98 Å². The van der Waals surface area contributed by atoms with E-state index in [4.69, 9.17) is 12.2 Å². The lowest BCUT2D eigenvalue weighted by Crippen LogP contribution is -2.29. The smallest absolute Gasteiger partial charge is 0.337 e. The molecular formula is C28H26N4O2S. The summed E-state index contributed by atoms with van der Waals surface area (Å²) in [6.45, 7) is 4.70. The van der Waals surface area contributed by atoms with Crippen LogP contribution in [0.15, 0.2) is 85.1 Å². The molecule has 4 aromatic rings. The molecule has 0 spiro atoms. The maximum absolute atomic E-state index is 12.0. The van der Waals surface area contributed by atoms with Crippen LogP contribution in [0.25, 0.3) is 5.69 Å². The van der Waals surface area contributed by atoms with Gasteiger partial charge in [0, 0.05) is 24.1 Å². The summed E-state index contributed by atoms with van der Waals surface area (Å²) < 4.78 is 2.02. The van der Waals surface area contributed by atoms with Crippen molar-refractivity contribution >= 4 is 23.3 Å². The molecule has 0 aliphatic carbocycles. The Kier molecular flexibility index (Phi) is 6.09. The van der Waals surface area contributed by atoms with Crippen molar-refractivity contribution in [3.8, 4) is 5.69 Å². The summed E-state index contributed by atoms with van der Waals surface area (Å²) in [5.41, 5.74) is 6.01. The molecule has 1 aliphatic heterocycles. The van der Waals surface area contributed by atoms with Gasteiger partial charge in [0.2, 0.25) is 0 Å². The first kappa shape index (κ1) is 22.8. The number of benzene rings is 2. The zero-order valence-electron chi connectivity index (χ0n) is 19.6. The Morgan fingerprint density at radius 2 is 1.74 bits per heavy atom. The van der Waals surface area contributed by atoms with E-state index in [1.165, 1.54) is 0 Å². The van der Waals surface area contributed by atoms with Crippen LogP contribution in [0.5, 0.6) is 0 Å². The highest BCUT2D eigenvalue weighted by molar-refractivity contribution is 7.80. The minimum atomic E-state index is -0.949. The summed E-state index contributed by atoms with van der Waals surface area (Å²) in [7, 11) is 0. The third kappa shape index (κ3) is 4.19. The molecule has 0 radical (unpaired) electrons. The van der Waals surface area contributed by atoms with Crippen LogP contribution < -0.4 is 5.32 Å². The number of aromatic carboxylic acids is 1. The van der Waals surface area contributed by atoms with E-state index in [0.717, 1.165) is 28.2 Å². The number of carboxylic acids is 1. The second kappa shape index (κ2) is 9.35. The molecule has 2 aromatic heterocycles. The Bertz CT molecular complexity index is 1380. The Labute approximate surface area is 209 Å². The van der Waals surface area contributed by atoms with Crippen LogP contribution in [-0.4, -0.2) is 30.6 Å². The summed E-state index contributed by atoms with van der Waals surface area (Å²) in [5.74, 6) is -0.949. The number of nitrogens with one attached hydrogen (secondary N) is 1. The number of rotatable bonds is 6. The fourth-order valence-corrected chi connectivity index (χ4v) is 5.31. The minimum absolute atomic E-state index is 0.116. The van der Waals surface area contributed by atoms with Crippen molar-refractivity contribution in [3.63, 3.8) is 0 Å². The van der Waals surface area contributed by atoms with Crippen molar-refractivity contribution in [2.45, 2.75) is 32.5 Å². The van der Waals surface area contributed by atoms with Crippen LogP contribution in [0, 0.1) is 13.8 Å². The Hall–Kier alpha value is -3.97. The van der Waals surface area contributed by atoms with Gasteiger partial charge in [0.05, 0.1) is 29.0 Å². The zero-order chi connectivity index (χ0) is 24.5. The quantitative estimate of drug-likeness (QED) is 0.361. The average Bonchev–Trinajstić information content (AvgIpc) is 3.35. The average molecular weight is 483 g/mol. The summed E-state index contributed by atoms with van der Waals surface area (Å²) >= 11 is 5.83. The molecular weight excluding hydrogens is 456 g/mol. The molecule has 35 heavy (non-hydrogen) atoms. The highest BCUT2D eigenvalue weighted by Crippen LogP contribution is 2.42. The second-order valence-corrected chi connectivity index (χ2v) is 9.11. The normalized spacial score (nSPS) is 17.4. The predicted octanol–water partition coefficient (Wildman–Crippen LogP) is 5.36. The lowest BCUT2D eigenvalue weighted by Gasteiger charge is -2.28. The molecule has 1 aliphatic rings. The number of aryl methyl sites for hydroxylation is 1. The Morgan fingerprint density at radius 3 is 2.46 bits per heavy atom. The fourth-order valence-electron chi connectivity index (χ4n) is 5.00. The molecule has 176 valence electrons. The van der Waals surface area contributed by atoms with Gasteiger partial charge in [-0.2, -0.15) is 0 Å². The van der Waals surface area contributed by atoms with Crippen molar-refractivity contribution in [3.05, 3.63) is 119 Å². The van der Waals surface area contributed by atoms with Crippen molar-refractivity contribution in [2.75, 3.05) is 0 Å². The zero-order valence-corrected chi connectivity index (χ0v) is 20.4. The highest BCUT2D eigenvalue weighted by atomic mass is 32.1. The van der Waals surface area contributed by atoms with Gasteiger partial charge in [0.15, 0.2) is 5.11 Å². The molecule has 1 fully saturated rings. The van der Waals surface area contributed by atoms with E-state index in [1.807, 2.05) is 66.9 Å². The summed E-state index contributed by atoms with van der Waals surface area (Å²) in [4.78, 5) is 18.8. The number of thiocarbonyl (C=S) groups is 1. The standard InChI is InChI=1S/C28H26N4O2S/c1-18-16-22(19(2)32(18)24-14-7-6-12-21(24)27(33)34)26-25(23-13-8-9-15-29-23)30-28(35)31(26)17-20-10-4-3-5-11-20/h3-16,25-26H,17H2,1-2H3,(H,30,35)(H,33,34)/t25-,26-/m1/s1. The molecule has 0 saturated carbocycles. The largest absolute Gasteiger partial charge is 0.478 e. The summed E-state index contributed by atoms with van der Waals surface area (Å²) in [6, 6.07) is 25.1. The predicted molar refractivity (Wildman–Crippen MR) is 140 cm³/mol. The molecule has 0 amide bonds. The molecule has 6 nitrogen and oxygen atoms in total. The molecule has 1 saturated heterocycles. The number of hydrogen-bond acceptors (Lipinski definition) is 3. The van der Waals surface area contributed by atoms with Crippen LogP contribution >= 0.6 is 12.2 Å².